The summed E-state index contributed by atoms with van der Waals surface area (Å²) in [4.78, 5) is 11.1. The minimum absolute atomic E-state index is 0.0118. The van der Waals surface area contributed by atoms with Gasteiger partial charge in [-0.1, -0.05) is 30.3 Å². The Labute approximate surface area is 89.3 Å². The van der Waals surface area contributed by atoms with Crippen molar-refractivity contribution < 1.29 is 10.0 Å². The Bertz CT molecular complexity index is 337. The maximum absolute atomic E-state index is 11.1. The zero-order valence-electron chi connectivity index (χ0n) is 8.60. The normalized spacial score (nSPS) is 21.0. The molecule has 1 amide bonds. The minimum Gasteiger partial charge on any atom is -0.286 e. The number of hydroxylamine groups is 2. The van der Waals surface area contributed by atoms with E-state index in [1.165, 1.54) is 5.56 Å². The van der Waals surface area contributed by atoms with Gasteiger partial charge in [-0.15, -0.1) is 0 Å². The molecule has 0 radical (unpaired) electrons. The maximum Gasteiger partial charge on any atom is 0.246 e. The summed E-state index contributed by atoms with van der Waals surface area (Å²) in [7, 11) is 0. The predicted octanol–water partition coefficient (Wildman–Crippen LogP) is 2.00. The van der Waals surface area contributed by atoms with Gasteiger partial charge in [-0.3, -0.25) is 10.0 Å². The van der Waals surface area contributed by atoms with Crippen molar-refractivity contribution in [1.82, 2.24) is 5.06 Å². The van der Waals surface area contributed by atoms with E-state index in [0.717, 1.165) is 24.3 Å². The second-order valence-electron chi connectivity index (χ2n) is 3.96. The molecule has 15 heavy (non-hydrogen) atoms. The number of benzene rings is 1. The third-order valence-electron chi connectivity index (χ3n) is 2.90. The van der Waals surface area contributed by atoms with Crippen LogP contribution >= 0.6 is 0 Å². The van der Waals surface area contributed by atoms with Gasteiger partial charge in [-0.25, -0.2) is 5.06 Å². The van der Waals surface area contributed by atoms with E-state index in [1.54, 1.807) is 0 Å². The van der Waals surface area contributed by atoms with Gasteiger partial charge in [0.2, 0.25) is 5.91 Å². The summed E-state index contributed by atoms with van der Waals surface area (Å²) in [6.45, 7) is 0. The molecule has 3 nitrogen and oxygen atoms in total. The van der Waals surface area contributed by atoms with Crippen LogP contribution in [0.25, 0.3) is 0 Å². The van der Waals surface area contributed by atoms with Crippen molar-refractivity contribution in [2.45, 2.75) is 31.7 Å². The Kier molecular flexibility index (Phi) is 3.02. The van der Waals surface area contributed by atoms with Crippen molar-refractivity contribution >= 4 is 5.91 Å². The van der Waals surface area contributed by atoms with E-state index in [1.807, 2.05) is 18.2 Å². The number of nitrogens with zero attached hydrogens (tertiary/aromatic N) is 1. The van der Waals surface area contributed by atoms with Crippen LogP contribution in [0.4, 0.5) is 0 Å². The fraction of sp³-hybridized carbons (Fsp3) is 0.417. The number of hydrogen-bond acceptors (Lipinski definition) is 2. The highest BCUT2D eigenvalue weighted by Gasteiger charge is 2.29. The van der Waals surface area contributed by atoms with E-state index in [-0.39, 0.29) is 11.9 Å². The van der Waals surface area contributed by atoms with Crippen LogP contribution in [0, 0.1) is 0 Å². The molecule has 0 bridgehead atoms. The summed E-state index contributed by atoms with van der Waals surface area (Å²) < 4.78 is 0. The van der Waals surface area contributed by atoms with Crippen LogP contribution in [0.5, 0.6) is 0 Å². The highest BCUT2D eigenvalue weighted by molar-refractivity contribution is 5.77. The lowest BCUT2D eigenvalue weighted by Gasteiger charge is -2.17. The Morgan fingerprint density at radius 2 is 2.07 bits per heavy atom. The highest BCUT2D eigenvalue weighted by Crippen LogP contribution is 2.20. The molecule has 0 aliphatic carbocycles. The lowest BCUT2D eigenvalue weighted by Crippen LogP contribution is -2.29. The highest BCUT2D eigenvalue weighted by atomic mass is 16.5. The average Bonchev–Trinajstić information content (AvgIpc) is 2.59. The van der Waals surface area contributed by atoms with E-state index < -0.39 is 0 Å². The molecule has 1 unspecified atom stereocenters. The molecule has 1 aromatic rings. The molecule has 2 rings (SSSR count). The monoisotopic (exact) mass is 205 g/mol. The zero-order chi connectivity index (χ0) is 10.7. The van der Waals surface area contributed by atoms with Crippen LogP contribution in [-0.2, 0) is 11.2 Å². The Balaban J connectivity index is 1.87. The molecule has 1 aromatic carbocycles. The Morgan fingerprint density at radius 3 is 2.67 bits per heavy atom. The molecule has 1 heterocycles. The van der Waals surface area contributed by atoms with E-state index >= 15 is 0 Å². The standard InChI is InChI=1S/C12H15NO2/c14-12-9-8-11(13(12)15)7-6-10-4-2-1-3-5-10/h1-5,11,15H,6-9H2. The minimum atomic E-state index is -0.145. The van der Waals surface area contributed by atoms with E-state index in [0.29, 0.717) is 6.42 Å². The quantitative estimate of drug-likeness (QED) is 0.767. The molecule has 1 N–H and O–H groups in total. The SMILES string of the molecule is O=C1CCC(CCc2ccccc2)N1O. The third kappa shape index (κ3) is 2.36. The van der Waals surface area contributed by atoms with Gasteiger partial charge in [0.1, 0.15) is 0 Å². The van der Waals surface area contributed by atoms with Crippen molar-refractivity contribution in [3.8, 4) is 0 Å². The molecule has 80 valence electrons. The van der Waals surface area contributed by atoms with Gasteiger partial charge >= 0.3 is 0 Å². The van der Waals surface area contributed by atoms with Crippen LogP contribution in [0.2, 0.25) is 0 Å². The van der Waals surface area contributed by atoms with Gasteiger partial charge in [0, 0.05) is 6.42 Å². The zero-order valence-corrected chi connectivity index (χ0v) is 8.60. The van der Waals surface area contributed by atoms with Crippen LogP contribution < -0.4 is 0 Å². The van der Waals surface area contributed by atoms with E-state index in [9.17, 15) is 10.0 Å². The molecular formula is C12H15NO2. The molecule has 1 fully saturated rings. The molecule has 0 saturated carbocycles. The molecule has 1 atom stereocenters. The van der Waals surface area contributed by atoms with Gasteiger partial charge < -0.3 is 0 Å². The van der Waals surface area contributed by atoms with E-state index in [2.05, 4.69) is 12.1 Å². The van der Waals surface area contributed by atoms with Crippen molar-refractivity contribution in [3.63, 3.8) is 0 Å². The summed E-state index contributed by atoms with van der Waals surface area (Å²) in [5.74, 6) is -0.145. The predicted molar refractivity (Wildman–Crippen MR) is 56.4 cm³/mol. The van der Waals surface area contributed by atoms with Gasteiger partial charge in [0.25, 0.3) is 0 Å². The Hall–Kier alpha value is -1.35. The first-order valence-electron chi connectivity index (χ1n) is 5.32. The molecule has 0 aromatic heterocycles. The first-order valence-corrected chi connectivity index (χ1v) is 5.32. The molecular weight excluding hydrogens is 190 g/mol. The molecule has 1 aliphatic rings. The third-order valence-corrected chi connectivity index (χ3v) is 2.90. The fourth-order valence-corrected chi connectivity index (χ4v) is 1.98. The second kappa shape index (κ2) is 4.45. The number of amides is 1. The van der Waals surface area contributed by atoms with Crippen molar-refractivity contribution in [2.24, 2.45) is 0 Å². The number of carbonyl (C=O) groups excluding carboxylic acids is 1. The average molecular weight is 205 g/mol. The lowest BCUT2D eigenvalue weighted by molar-refractivity contribution is -0.165. The second-order valence-corrected chi connectivity index (χ2v) is 3.96. The van der Waals surface area contributed by atoms with E-state index in [4.69, 9.17) is 0 Å². The van der Waals surface area contributed by atoms with Crippen molar-refractivity contribution in [2.75, 3.05) is 0 Å². The number of aryl methyl sites for hydroxylation is 1. The van der Waals surface area contributed by atoms with Crippen LogP contribution in [0.1, 0.15) is 24.8 Å². The maximum atomic E-state index is 11.1. The summed E-state index contributed by atoms with van der Waals surface area (Å²) in [6.07, 6.45) is 3.01. The molecule has 3 heteroatoms. The van der Waals surface area contributed by atoms with Gasteiger partial charge in [-0.05, 0) is 24.8 Å². The Morgan fingerprint density at radius 1 is 1.33 bits per heavy atom. The smallest absolute Gasteiger partial charge is 0.246 e. The van der Waals surface area contributed by atoms with Crippen LogP contribution in [-0.4, -0.2) is 22.2 Å². The first-order chi connectivity index (χ1) is 7.27. The summed E-state index contributed by atoms with van der Waals surface area (Å²) in [5, 5.41) is 10.3. The molecule has 1 aliphatic heterocycles. The largest absolute Gasteiger partial charge is 0.286 e. The van der Waals surface area contributed by atoms with Crippen molar-refractivity contribution in [1.29, 1.82) is 0 Å². The first kappa shape index (κ1) is 10.2. The van der Waals surface area contributed by atoms with Gasteiger partial charge in [0.15, 0.2) is 0 Å². The van der Waals surface area contributed by atoms with Gasteiger partial charge in [-0.2, -0.15) is 0 Å². The summed E-state index contributed by atoms with van der Waals surface area (Å²) in [6, 6.07) is 10.1. The number of rotatable bonds is 3. The fourth-order valence-electron chi connectivity index (χ4n) is 1.98. The number of hydrogen-bond donors (Lipinski definition) is 1. The topological polar surface area (TPSA) is 40.5 Å². The van der Waals surface area contributed by atoms with Crippen LogP contribution in [0.3, 0.4) is 0 Å². The number of carbonyl (C=O) groups is 1. The molecule has 1 saturated heterocycles. The van der Waals surface area contributed by atoms with Crippen molar-refractivity contribution in [3.05, 3.63) is 35.9 Å². The summed E-state index contributed by atoms with van der Waals surface area (Å²) >= 11 is 0. The van der Waals surface area contributed by atoms with Gasteiger partial charge in [0.05, 0.1) is 6.04 Å². The molecule has 0 spiro atoms. The summed E-state index contributed by atoms with van der Waals surface area (Å²) in [5.41, 5.74) is 1.25. The van der Waals surface area contributed by atoms with Crippen LogP contribution in [0.15, 0.2) is 30.3 Å². The lowest BCUT2D eigenvalue weighted by atomic mass is 10.0.